The van der Waals surface area contributed by atoms with Crippen molar-refractivity contribution in [1.82, 2.24) is 0 Å². The maximum atomic E-state index is 13.7. The summed E-state index contributed by atoms with van der Waals surface area (Å²) >= 11 is 0. The molecule has 96 valence electrons. The molecule has 1 aliphatic heterocycles. The summed E-state index contributed by atoms with van der Waals surface area (Å²) in [6.45, 7) is 7.49. The molecule has 0 saturated carbocycles. The van der Waals surface area contributed by atoms with Gasteiger partial charge >= 0.3 is 5.92 Å². The first-order valence-corrected chi connectivity index (χ1v) is 5.92. The van der Waals surface area contributed by atoms with E-state index in [0.717, 1.165) is 6.42 Å². The van der Waals surface area contributed by atoms with Gasteiger partial charge in [0.05, 0.1) is 6.10 Å². The maximum absolute atomic E-state index is 13.7. The summed E-state index contributed by atoms with van der Waals surface area (Å²) in [5.74, 6) is -2.31. The van der Waals surface area contributed by atoms with E-state index in [1.807, 2.05) is 6.92 Å². The third-order valence-corrected chi connectivity index (χ3v) is 3.86. The van der Waals surface area contributed by atoms with Crippen LogP contribution in [0.3, 0.4) is 0 Å². The molecule has 16 heavy (non-hydrogen) atoms. The molecule has 0 radical (unpaired) electrons. The van der Waals surface area contributed by atoms with Crippen molar-refractivity contribution in [2.24, 2.45) is 11.8 Å². The van der Waals surface area contributed by atoms with Crippen LogP contribution in [-0.2, 0) is 9.47 Å². The highest BCUT2D eigenvalue weighted by molar-refractivity contribution is 5.01. The van der Waals surface area contributed by atoms with Crippen LogP contribution in [0.15, 0.2) is 0 Å². The topological polar surface area (TPSA) is 21.8 Å². The van der Waals surface area contributed by atoms with Crippen LogP contribution in [0.4, 0.5) is 8.78 Å². The molecule has 1 heterocycles. The highest BCUT2D eigenvalue weighted by atomic mass is 19.3. The Labute approximate surface area is 96.3 Å². The number of methoxy groups -OCH3 is 1. The minimum absolute atomic E-state index is 0.171. The molecule has 0 N–H and O–H groups in total. The molecule has 5 atom stereocenters. The molecule has 0 aromatic heterocycles. The van der Waals surface area contributed by atoms with E-state index in [2.05, 4.69) is 13.8 Å². The van der Waals surface area contributed by atoms with Gasteiger partial charge in [-0.15, -0.1) is 0 Å². The largest absolute Gasteiger partial charge is 0.375 e. The molecule has 0 bridgehead atoms. The van der Waals surface area contributed by atoms with Gasteiger partial charge in [0.1, 0.15) is 6.10 Å². The van der Waals surface area contributed by atoms with Crippen molar-refractivity contribution in [2.75, 3.05) is 7.11 Å². The molecule has 0 spiro atoms. The van der Waals surface area contributed by atoms with Gasteiger partial charge in [-0.25, -0.2) is 8.78 Å². The lowest BCUT2D eigenvalue weighted by Gasteiger charge is -2.22. The predicted octanol–water partition coefficient (Wildman–Crippen LogP) is 3.11. The van der Waals surface area contributed by atoms with Gasteiger partial charge in [0.25, 0.3) is 0 Å². The van der Waals surface area contributed by atoms with Crippen molar-refractivity contribution < 1.29 is 18.3 Å². The smallest absolute Gasteiger partial charge is 0.301 e. The van der Waals surface area contributed by atoms with Gasteiger partial charge in [0.2, 0.25) is 0 Å². The number of rotatable bonds is 6. The summed E-state index contributed by atoms with van der Waals surface area (Å²) in [6, 6.07) is 0. The van der Waals surface area contributed by atoms with Crippen molar-refractivity contribution in [2.45, 2.75) is 58.4 Å². The maximum Gasteiger partial charge on any atom is 0.301 e. The SMILES string of the molecule is CCC(C)C(C)C1OC1C(F)(F)C(C)OC. The highest BCUT2D eigenvalue weighted by Crippen LogP contribution is 2.45. The molecule has 1 rings (SSSR count). The van der Waals surface area contributed by atoms with Crippen LogP contribution in [0.2, 0.25) is 0 Å². The van der Waals surface area contributed by atoms with E-state index in [4.69, 9.17) is 9.47 Å². The molecule has 5 unspecified atom stereocenters. The second kappa shape index (κ2) is 4.96. The van der Waals surface area contributed by atoms with E-state index in [-0.39, 0.29) is 12.0 Å². The highest BCUT2D eigenvalue weighted by Gasteiger charge is 2.61. The van der Waals surface area contributed by atoms with Crippen LogP contribution in [0.5, 0.6) is 0 Å². The summed E-state index contributed by atoms with van der Waals surface area (Å²) in [7, 11) is 1.30. The zero-order valence-electron chi connectivity index (χ0n) is 10.7. The number of hydrogen-bond acceptors (Lipinski definition) is 2. The number of hydrogen-bond donors (Lipinski definition) is 0. The monoisotopic (exact) mass is 236 g/mol. The fraction of sp³-hybridized carbons (Fsp3) is 1.00. The Balaban J connectivity index is 2.55. The lowest BCUT2D eigenvalue weighted by Crippen LogP contribution is -2.40. The van der Waals surface area contributed by atoms with E-state index < -0.39 is 18.1 Å². The predicted molar refractivity (Wildman–Crippen MR) is 58.7 cm³/mol. The van der Waals surface area contributed by atoms with E-state index in [1.165, 1.54) is 14.0 Å². The van der Waals surface area contributed by atoms with Crippen LogP contribution < -0.4 is 0 Å². The Bertz CT molecular complexity index is 233. The molecule has 1 fully saturated rings. The average Bonchev–Trinajstić information content (AvgIpc) is 3.05. The second-order valence-corrected chi connectivity index (χ2v) is 4.82. The van der Waals surface area contributed by atoms with Crippen LogP contribution in [0.1, 0.15) is 34.1 Å². The molecular weight excluding hydrogens is 214 g/mol. The van der Waals surface area contributed by atoms with Crippen molar-refractivity contribution in [3.05, 3.63) is 0 Å². The van der Waals surface area contributed by atoms with Crippen LogP contribution >= 0.6 is 0 Å². The molecule has 0 amide bonds. The van der Waals surface area contributed by atoms with Gasteiger partial charge in [0.15, 0.2) is 6.10 Å². The van der Waals surface area contributed by atoms with Gasteiger partial charge in [-0.3, -0.25) is 0 Å². The van der Waals surface area contributed by atoms with E-state index in [9.17, 15) is 8.78 Å². The summed E-state index contributed by atoms with van der Waals surface area (Å²) in [4.78, 5) is 0. The molecule has 0 aromatic rings. The molecule has 1 saturated heterocycles. The van der Waals surface area contributed by atoms with E-state index in [0.29, 0.717) is 5.92 Å². The van der Waals surface area contributed by atoms with Crippen molar-refractivity contribution in [3.8, 4) is 0 Å². The van der Waals surface area contributed by atoms with Gasteiger partial charge in [-0.05, 0) is 18.8 Å². The number of halogens is 2. The summed E-state index contributed by atoms with van der Waals surface area (Å²) < 4.78 is 37.3. The molecule has 2 nitrogen and oxygen atoms in total. The Morgan fingerprint density at radius 1 is 1.31 bits per heavy atom. The Kier molecular flexibility index (Phi) is 4.29. The minimum atomic E-state index is -2.89. The first-order chi connectivity index (χ1) is 7.36. The summed E-state index contributed by atoms with van der Waals surface area (Å²) in [5, 5.41) is 0. The van der Waals surface area contributed by atoms with Gasteiger partial charge < -0.3 is 9.47 Å². The van der Waals surface area contributed by atoms with E-state index in [1.54, 1.807) is 0 Å². The molecule has 1 aliphatic rings. The van der Waals surface area contributed by atoms with Gasteiger partial charge in [0, 0.05) is 7.11 Å². The molecule has 0 aliphatic carbocycles. The molecular formula is C12H22F2O2. The second-order valence-electron chi connectivity index (χ2n) is 4.82. The third-order valence-electron chi connectivity index (χ3n) is 3.86. The molecule has 0 aromatic carbocycles. The summed E-state index contributed by atoms with van der Waals surface area (Å²) in [5.41, 5.74) is 0. The Morgan fingerprint density at radius 2 is 1.88 bits per heavy atom. The van der Waals surface area contributed by atoms with Crippen LogP contribution in [0.25, 0.3) is 0 Å². The lowest BCUT2D eigenvalue weighted by molar-refractivity contribution is -0.130. The van der Waals surface area contributed by atoms with Crippen molar-refractivity contribution in [3.63, 3.8) is 0 Å². The quantitative estimate of drug-likeness (QED) is 0.661. The first kappa shape index (κ1) is 13.8. The summed E-state index contributed by atoms with van der Waals surface area (Å²) in [6.07, 6.45) is -1.39. The van der Waals surface area contributed by atoms with Crippen LogP contribution in [0, 0.1) is 11.8 Å². The van der Waals surface area contributed by atoms with E-state index >= 15 is 0 Å². The minimum Gasteiger partial charge on any atom is -0.375 e. The zero-order chi connectivity index (χ0) is 12.5. The fourth-order valence-electron chi connectivity index (χ4n) is 1.92. The van der Waals surface area contributed by atoms with Crippen molar-refractivity contribution in [1.29, 1.82) is 0 Å². The van der Waals surface area contributed by atoms with Crippen molar-refractivity contribution >= 4 is 0 Å². The third kappa shape index (κ3) is 2.54. The normalized spacial score (nSPS) is 30.9. The lowest BCUT2D eigenvalue weighted by atomic mass is 9.88. The average molecular weight is 236 g/mol. The Morgan fingerprint density at radius 3 is 2.31 bits per heavy atom. The number of alkyl halides is 2. The standard InChI is InChI=1S/C12H22F2O2/c1-6-7(2)8(3)10-11(16-10)12(13,14)9(4)15-5/h7-11H,6H2,1-5H3. The van der Waals surface area contributed by atoms with Gasteiger partial charge in [-0.1, -0.05) is 27.2 Å². The zero-order valence-corrected chi connectivity index (χ0v) is 10.7. The van der Waals surface area contributed by atoms with Crippen LogP contribution in [-0.4, -0.2) is 31.3 Å². The van der Waals surface area contributed by atoms with Gasteiger partial charge in [-0.2, -0.15) is 0 Å². The first-order valence-electron chi connectivity index (χ1n) is 5.92. The Hall–Kier alpha value is -0.220. The number of epoxide rings is 1. The fourth-order valence-corrected chi connectivity index (χ4v) is 1.92. The number of ether oxygens (including phenoxy) is 2. The molecule has 4 heteroatoms.